The van der Waals surface area contributed by atoms with E-state index in [0.29, 0.717) is 17.3 Å². The van der Waals surface area contributed by atoms with E-state index in [1.807, 2.05) is 48.5 Å². The lowest BCUT2D eigenvalue weighted by Crippen LogP contribution is -2.36. The Morgan fingerprint density at radius 2 is 1.86 bits per heavy atom. The van der Waals surface area contributed by atoms with Crippen molar-refractivity contribution in [2.24, 2.45) is 10.1 Å². The molecule has 1 N–H and O–H groups in total. The van der Waals surface area contributed by atoms with Crippen molar-refractivity contribution in [3.63, 3.8) is 0 Å². The van der Waals surface area contributed by atoms with Crippen LogP contribution in [0.5, 0.6) is 11.5 Å². The number of ether oxygens (including phenoxy) is 2. The number of hydrazone groups is 1. The van der Waals surface area contributed by atoms with E-state index >= 15 is 0 Å². The van der Waals surface area contributed by atoms with Crippen LogP contribution < -0.4 is 19.8 Å². The van der Waals surface area contributed by atoms with Crippen molar-refractivity contribution in [2.75, 3.05) is 31.4 Å². The highest BCUT2D eigenvalue weighted by atomic mass is 32.2. The van der Waals surface area contributed by atoms with Crippen LogP contribution in [0.25, 0.3) is 0 Å². The standard InChI is InChI=1S/C27H26N4O3S/c1-33-24-13-11-20(16-25(24)34-2)26(28-21-8-4-3-5-9-21)31-14-6-7-19-15-18(10-12-23(19)31)22-17-35-27(32)30-29-22/h3-5,8-13,15-16H,6-7,14,17H2,1-2H3,(H,30,32). The summed E-state index contributed by atoms with van der Waals surface area (Å²) in [7, 11) is 3.28. The predicted molar refractivity (Wildman–Crippen MR) is 142 cm³/mol. The monoisotopic (exact) mass is 486 g/mol. The largest absolute Gasteiger partial charge is 0.493 e. The Balaban J connectivity index is 1.58. The zero-order valence-corrected chi connectivity index (χ0v) is 20.5. The third kappa shape index (κ3) is 4.88. The minimum Gasteiger partial charge on any atom is -0.493 e. The molecule has 7 nitrogen and oxygen atoms in total. The maximum Gasteiger partial charge on any atom is 0.299 e. The molecule has 0 saturated heterocycles. The SMILES string of the molecule is COc1ccc(C(=Nc2ccccc2)N2CCCc3cc(C4=NNC(=O)SC4)ccc32)cc1OC. The van der Waals surface area contributed by atoms with Crippen molar-refractivity contribution in [2.45, 2.75) is 12.8 Å². The first-order valence-electron chi connectivity index (χ1n) is 11.4. The second kappa shape index (κ2) is 10.2. The zero-order chi connectivity index (χ0) is 24.2. The Bertz CT molecular complexity index is 1310. The number of para-hydroxylation sites is 1. The van der Waals surface area contributed by atoms with Gasteiger partial charge in [-0.25, -0.2) is 10.4 Å². The first-order chi connectivity index (χ1) is 17.2. The number of aliphatic imine (C=N–C) groups is 1. The molecule has 3 aromatic rings. The minimum atomic E-state index is -0.116. The van der Waals surface area contributed by atoms with Crippen LogP contribution in [0.15, 0.2) is 76.8 Å². The number of thioether (sulfide) groups is 1. The molecular weight excluding hydrogens is 460 g/mol. The molecule has 0 atom stereocenters. The smallest absolute Gasteiger partial charge is 0.299 e. The van der Waals surface area contributed by atoms with E-state index in [4.69, 9.17) is 14.5 Å². The average molecular weight is 487 g/mol. The summed E-state index contributed by atoms with van der Waals surface area (Å²) in [4.78, 5) is 18.8. The molecule has 0 saturated carbocycles. The number of carbonyl (C=O) groups is 1. The fraction of sp³-hybridized carbons (Fsp3) is 0.222. The predicted octanol–water partition coefficient (Wildman–Crippen LogP) is 5.40. The molecule has 0 radical (unpaired) electrons. The molecule has 0 spiro atoms. The third-order valence-electron chi connectivity index (χ3n) is 6.04. The highest BCUT2D eigenvalue weighted by Crippen LogP contribution is 2.34. The van der Waals surface area contributed by atoms with Crippen molar-refractivity contribution in [1.82, 2.24) is 5.43 Å². The van der Waals surface area contributed by atoms with Crippen LogP contribution in [-0.2, 0) is 6.42 Å². The first-order valence-corrected chi connectivity index (χ1v) is 12.4. The van der Waals surface area contributed by atoms with Crippen LogP contribution in [0.4, 0.5) is 16.2 Å². The van der Waals surface area contributed by atoms with Crippen molar-refractivity contribution < 1.29 is 14.3 Å². The molecule has 35 heavy (non-hydrogen) atoms. The highest BCUT2D eigenvalue weighted by molar-refractivity contribution is 8.14. The van der Waals surface area contributed by atoms with Crippen LogP contribution >= 0.6 is 11.8 Å². The summed E-state index contributed by atoms with van der Waals surface area (Å²) < 4.78 is 11.0. The van der Waals surface area contributed by atoms with Crippen LogP contribution in [0.1, 0.15) is 23.1 Å². The molecular formula is C27H26N4O3S. The number of anilines is 1. The molecule has 0 aromatic heterocycles. The fourth-order valence-electron chi connectivity index (χ4n) is 4.34. The average Bonchev–Trinajstić information content (AvgIpc) is 2.92. The molecule has 1 amide bonds. The van der Waals surface area contributed by atoms with Gasteiger partial charge in [0, 0.05) is 23.5 Å². The van der Waals surface area contributed by atoms with Gasteiger partial charge in [0.25, 0.3) is 5.24 Å². The van der Waals surface area contributed by atoms with Crippen LogP contribution in [-0.4, -0.2) is 43.3 Å². The molecule has 2 aliphatic rings. The van der Waals surface area contributed by atoms with Crippen molar-refractivity contribution in [1.29, 1.82) is 0 Å². The number of amides is 1. The lowest BCUT2D eigenvalue weighted by molar-refractivity contribution is 0.261. The van der Waals surface area contributed by atoms with E-state index in [1.165, 1.54) is 17.3 Å². The van der Waals surface area contributed by atoms with Crippen molar-refractivity contribution in [3.8, 4) is 11.5 Å². The zero-order valence-electron chi connectivity index (χ0n) is 19.7. The molecule has 0 aliphatic carbocycles. The van der Waals surface area contributed by atoms with Gasteiger partial charge in [0.15, 0.2) is 11.5 Å². The number of rotatable bonds is 5. The Labute approximate surface area is 208 Å². The summed E-state index contributed by atoms with van der Waals surface area (Å²) in [5.74, 6) is 2.76. The lowest BCUT2D eigenvalue weighted by Gasteiger charge is -2.33. The number of aryl methyl sites for hydroxylation is 1. The van der Waals surface area contributed by atoms with Gasteiger partial charge in [-0.3, -0.25) is 4.79 Å². The number of benzene rings is 3. The number of amidine groups is 1. The van der Waals surface area contributed by atoms with Gasteiger partial charge in [0.2, 0.25) is 0 Å². The molecule has 2 heterocycles. The van der Waals surface area contributed by atoms with Gasteiger partial charge in [0.05, 0.1) is 25.6 Å². The second-order valence-electron chi connectivity index (χ2n) is 8.19. The number of nitrogens with zero attached hydrogens (tertiary/aromatic N) is 3. The van der Waals surface area contributed by atoms with Gasteiger partial charge >= 0.3 is 0 Å². The Morgan fingerprint density at radius 1 is 1.03 bits per heavy atom. The van der Waals surface area contributed by atoms with Crippen LogP contribution in [0, 0.1) is 0 Å². The van der Waals surface area contributed by atoms with Crippen LogP contribution in [0.3, 0.4) is 0 Å². The van der Waals surface area contributed by atoms with Crippen molar-refractivity contribution >= 4 is 39.9 Å². The quantitative estimate of drug-likeness (QED) is 0.386. The first kappa shape index (κ1) is 23.0. The lowest BCUT2D eigenvalue weighted by atomic mass is 9.97. The summed E-state index contributed by atoms with van der Waals surface area (Å²) >= 11 is 1.24. The second-order valence-corrected chi connectivity index (χ2v) is 9.13. The normalized spacial score (nSPS) is 15.7. The van der Waals surface area contributed by atoms with E-state index in [1.54, 1.807) is 14.2 Å². The van der Waals surface area contributed by atoms with Crippen LogP contribution in [0.2, 0.25) is 0 Å². The van der Waals surface area contributed by atoms with Gasteiger partial charge in [-0.15, -0.1) is 0 Å². The number of hydrogen-bond acceptors (Lipinski definition) is 6. The number of carbonyl (C=O) groups excluding carboxylic acids is 1. The summed E-state index contributed by atoms with van der Waals surface area (Å²) in [6, 6.07) is 22.3. The molecule has 178 valence electrons. The summed E-state index contributed by atoms with van der Waals surface area (Å²) in [6.07, 6.45) is 1.96. The van der Waals surface area contributed by atoms with Crippen molar-refractivity contribution in [3.05, 3.63) is 83.4 Å². The minimum absolute atomic E-state index is 0.116. The molecule has 8 heteroatoms. The van der Waals surface area contributed by atoms with E-state index in [-0.39, 0.29) is 5.24 Å². The molecule has 0 bridgehead atoms. The van der Waals surface area contributed by atoms with E-state index in [0.717, 1.165) is 53.4 Å². The Morgan fingerprint density at radius 3 is 2.60 bits per heavy atom. The number of hydrogen-bond donors (Lipinski definition) is 1. The fourth-order valence-corrected chi connectivity index (χ4v) is 4.95. The molecule has 3 aromatic carbocycles. The maximum absolute atomic E-state index is 11.5. The Hall–Kier alpha value is -3.78. The Kier molecular flexibility index (Phi) is 6.72. The number of nitrogens with one attached hydrogen (secondary N) is 1. The topological polar surface area (TPSA) is 75.5 Å². The van der Waals surface area contributed by atoms with E-state index < -0.39 is 0 Å². The summed E-state index contributed by atoms with van der Waals surface area (Å²) in [5, 5.41) is 4.14. The molecule has 0 unspecified atom stereocenters. The van der Waals surface area contributed by atoms with Gasteiger partial charge in [-0.2, -0.15) is 5.10 Å². The maximum atomic E-state index is 11.5. The van der Waals surface area contributed by atoms with Gasteiger partial charge in [0.1, 0.15) is 5.84 Å². The third-order valence-corrected chi connectivity index (χ3v) is 6.81. The van der Waals surface area contributed by atoms with E-state index in [9.17, 15) is 4.79 Å². The number of methoxy groups -OCH3 is 2. The van der Waals surface area contributed by atoms with Gasteiger partial charge < -0.3 is 14.4 Å². The number of fused-ring (bicyclic) bond motifs is 1. The van der Waals surface area contributed by atoms with Gasteiger partial charge in [-0.05, 0) is 66.4 Å². The molecule has 0 fully saturated rings. The van der Waals surface area contributed by atoms with E-state index in [2.05, 4.69) is 33.6 Å². The highest BCUT2D eigenvalue weighted by Gasteiger charge is 2.25. The summed E-state index contributed by atoms with van der Waals surface area (Å²) in [5.41, 5.74) is 8.66. The summed E-state index contributed by atoms with van der Waals surface area (Å²) in [6.45, 7) is 0.846. The molecule has 2 aliphatic heterocycles. The molecule has 5 rings (SSSR count). The van der Waals surface area contributed by atoms with Gasteiger partial charge in [-0.1, -0.05) is 36.0 Å².